The first-order valence-corrected chi connectivity index (χ1v) is 4.95. The molecule has 0 saturated carbocycles. The van der Waals surface area contributed by atoms with Gasteiger partial charge < -0.3 is 9.84 Å². The summed E-state index contributed by atoms with van der Waals surface area (Å²) in [5.41, 5.74) is -1.22. The normalized spacial score (nSPS) is 28.6. The van der Waals surface area contributed by atoms with E-state index in [9.17, 15) is 14.0 Å². The van der Waals surface area contributed by atoms with Crippen LogP contribution in [0.25, 0.3) is 0 Å². The van der Waals surface area contributed by atoms with E-state index in [0.29, 0.717) is 0 Å². The molecule has 1 aliphatic heterocycles. The summed E-state index contributed by atoms with van der Waals surface area (Å²) in [5, 5.41) is 8.88. The van der Waals surface area contributed by atoms with E-state index in [1.54, 1.807) is 0 Å². The highest BCUT2D eigenvalue weighted by molar-refractivity contribution is 5.15. The monoisotopic (exact) mass is 242 g/mol. The lowest BCUT2D eigenvalue weighted by Gasteiger charge is -2.14. The Bertz CT molecular complexity index is 550. The first-order valence-electron chi connectivity index (χ1n) is 4.95. The zero-order valence-corrected chi connectivity index (χ0v) is 8.80. The number of aromatic nitrogens is 2. The highest BCUT2D eigenvalue weighted by Gasteiger charge is 2.39. The lowest BCUT2D eigenvalue weighted by Crippen LogP contribution is -2.32. The van der Waals surface area contributed by atoms with Crippen molar-refractivity contribution in [3.8, 4) is 0 Å². The first kappa shape index (κ1) is 11.7. The summed E-state index contributed by atoms with van der Waals surface area (Å²) in [6, 6.07) is 1.12. The molecule has 0 radical (unpaired) electrons. The molecule has 92 valence electrons. The number of aliphatic hydroxyl groups is 1. The SMILES string of the molecule is C=C1[C@H](n2ccc(=O)[nH]c2=O)O[C@H](CO)[C@H]1F. The second-order valence-electron chi connectivity index (χ2n) is 3.70. The fraction of sp³-hybridized carbons (Fsp3) is 0.400. The third-order valence-electron chi connectivity index (χ3n) is 2.59. The molecule has 1 aliphatic rings. The van der Waals surface area contributed by atoms with Crippen molar-refractivity contribution in [2.75, 3.05) is 6.61 Å². The predicted octanol–water partition coefficient (Wildman–Crippen LogP) is -0.679. The number of halogens is 1. The van der Waals surface area contributed by atoms with Gasteiger partial charge in [0.1, 0.15) is 6.10 Å². The molecule has 3 atom stereocenters. The van der Waals surface area contributed by atoms with E-state index in [-0.39, 0.29) is 5.57 Å². The highest BCUT2D eigenvalue weighted by Crippen LogP contribution is 2.33. The van der Waals surface area contributed by atoms with Gasteiger partial charge in [0.25, 0.3) is 5.56 Å². The number of rotatable bonds is 2. The van der Waals surface area contributed by atoms with Crippen LogP contribution in [-0.4, -0.2) is 33.5 Å². The molecule has 0 unspecified atom stereocenters. The van der Waals surface area contributed by atoms with E-state index >= 15 is 0 Å². The van der Waals surface area contributed by atoms with Crippen LogP contribution in [0.15, 0.2) is 34.0 Å². The average molecular weight is 242 g/mol. The molecule has 17 heavy (non-hydrogen) atoms. The van der Waals surface area contributed by atoms with Gasteiger partial charge in [0.2, 0.25) is 0 Å². The van der Waals surface area contributed by atoms with Gasteiger partial charge in [0.15, 0.2) is 12.4 Å². The van der Waals surface area contributed by atoms with Crippen LogP contribution < -0.4 is 11.2 Å². The van der Waals surface area contributed by atoms with Crippen LogP contribution in [0.3, 0.4) is 0 Å². The van der Waals surface area contributed by atoms with Crippen molar-refractivity contribution in [3.63, 3.8) is 0 Å². The van der Waals surface area contributed by atoms with Gasteiger partial charge in [-0.2, -0.15) is 0 Å². The number of aliphatic hydroxyl groups excluding tert-OH is 1. The third kappa shape index (κ3) is 1.94. The van der Waals surface area contributed by atoms with Crippen LogP contribution in [0.1, 0.15) is 6.23 Å². The van der Waals surface area contributed by atoms with E-state index in [1.165, 1.54) is 6.20 Å². The van der Waals surface area contributed by atoms with Gasteiger partial charge in [-0.3, -0.25) is 14.3 Å². The number of alkyl halides is 1. The number of H-pyrrole nitrogens is 1. The van der Waals surface area contributed by atoms with E-state index in [1.807, 2.05) is 4.98 Å². The Kier molecular flexibility index (Phi) is 2.95. The molecule has 1 aromatic rings. The van der Waals surface area contributed by atoms with Gasteiger partial charge in [-0.25, -0.2) is 9.18 Å². The standard InChI is InChI=1S/C10H11FN2O4/c1-5-8(11)6(4-14)17-9(5)13-3-2-7(15)12-10(13)16/h2-3,6,8-9,14H,1,4H2,(H,12,15,16)/t6-,8+,9-/m1/s1. The largest absolute Gasteiger partial charge is 0.394 e. The highest BCUT2D eigenvalue weighted by atomic mass is 19.1. The van der Waals surface area contributed by atoms with Crippen LogP contribution in [0.5, 0.6) is 0 Å². The summed E-state index contributed by atoms with van der Waals surface area (Å²) in [6.07, 6.45) is -2.38. The molecule has 0 amide bonds. The molecule has 1 fully saturated rings. The fourth-order valence-electron chi connectivity index (χ4n) is 1.69. The van der Waals surface area contributed by atoms with Crippen molar-refractivity contribution in [1.29, 1.82) is 0 Å². The summed E-state index contributed by atoms with van der Waals surface area (Å²) in [5.74, 6) is 0. The van der Waals surface area contributed by atoms with Crippen molar-refractivity contribution in [1.82, 2.24) is 9.55 Å². The molecule has 7 heteroatoms. The van der Waals surface area contributed by atoms with Gasteiger partial charge in [0.05, 0.1) is 6.61 Å². The Balaban J connectivity index is 2.39. The fourth-order valence-corrected chi connectivity index (χ4v) is 1.69. The molecule has 2 rings (SSSR count). The summed E-state index contributed by atoms with van der Waals surface area (Å²) in [6.45, 7) is 2.99. The molecular weight excluding hydrogens is 231 g/mol. The minimum absolute atomic E-state index is 0.0400. The lowest BCUT2D eigenvalue weighted by molar-refractivity contribution is -0.0321. The van der Waals surface area contributed by atoms with Crippen LogP contribution in [0.2, 0.25) is 0 Å². The maximum absolute atomic E-state index is 13.6. The molecule has 1 aromatic heterocycles. The number of aromatic amines is 1. The maximum Gasteiger partial charge on any atom is 0.330 e. The Morgan fingerprint density at radius 3 is 2.82 bits per heavy atom. The number of nitrogens with one attached hydrogen (secondary N) is 1. The number of hydrogen-bond acceptors (Lipinski definition) is 4. The summed E-state index contributed by atoms with van der Waals surface area (Å²) < 4.78 is 19.7. The predicted molar refractivity (Wildman–Crippen MR) is 56.4 cm³/mol. The zero-order chi connectivity index (χ0) is 12.6. The Morgan fingerprint density at radius 2 is 2.29 bits per heavy atom. The summed E-state index contributed by atoms with van der Waals surface area (Å²) in [4.78, 5) is 24.4. The summed E-state index contributed by atoms with van der Waals surface area (Å²) >= 11 is 0. The van der Waals surface area contributed by atoms with E-state index in [0.717, 1.165) is 10.6 Å². The van der Waals surface area contributed by atoms with Crippen molar-refractivity contribution < 1.29 is 14.2 Å². The molecule has 0 aliphatic carbocycles. The Hall–Kier alpha value is -1.73. The van der Waals surface area contributed by atoms with Gasteiger partial charge in [-0.05, 0) is 0 Å². The Labute approximate surface area is 95.0 Å². The quantitative estimate of drug-likeness (QED) is 0.673. The van der Waals surface area contributed by atoms with E-state index in [2.05, 4.69) is 6.58 Å². The minimum Gasteiger partial charge on any atom is -0.394 e. The molecule has 0 aromatic carbocycles. The second kappa shape index (κ2) is 4.27. The molecule has 0 spiro atoms. The van der Waals surface area contributed by atoms with E-state index < -0.39 is 36.4 Å². The third-order valence-corrected chi connectivity index (χ3v) is 2.59. The molecule has 0 bridgehead atoms. The van der Waals surface area contributed by atoms with Crippen LogP contribution in [0, 0.1) is 0 Å². The second-order valence-corrected chi connectivity index (χ2v) is 3.70. The van der Waals surface area contributed by atoms with Crippen molar-refractivity contribution in [2.45, 2.75) is 18.5 Å². The van der Waals surface area contributed by atoms with Gasteiger partial charge in [-0.15, -0.1) is 0 Å². The van der Waals surface area contributed by atoms with Crippen molar-refractivity contribution in [3.05, 3.63) is 45.3 Å². The van der Waals surface area contributed by atoms with E-state index in [4.69, 9.17) is 9.84 Å². The molecule has 1 saturated heterocycles. The first-order chi connectivity index (χ1) is 8.04. The van der Waals surface area contributed by atoms with Gasteiger partial charge in [0, 0.05) is 17.8 Å². The van der Waals surface area contributed by atoms with Crippen LogP contribution in [0.4, 0.5) is 4.39 Å². The number of ether oxygens (including phenoxy) is 1. The minimum atomic E-state index is -1.54. The molecule has 6 nitrogen and oxygen atoms in total. The van der Waals surface area contributed by atoms with Crippen molar-refractivity contribution in [2.24, 2.45) is 0 Å². The van der Waals surface area contributed by atoms with Gasteiger partial charge >= 0.3 is 5.69 Å². The lowest BCUT2D eigenvalue weighted by atomic mass is 10.1. The molecule has 2 heterocycles. The molecular formula is C10H11FN2O4. The Morgan fingerprint density at radius 1 is 1.59 bits per heavy atom. The number of hydrogen-bond donors (Lipinski definition) is 2. The smallest absolute Gasteiger partial charge is 0.330 e. The summed E-state index contributed by atoms with van der Waals surface area (Å²) in [7, 11) is 0. The number of nitrogens with zero attached hydrogens (tertiary/aromatic N) is 1. The molecule has 2 N–H and O–H groups in total. The maximum atomic E-state index is 13.6. The average Bonchev–Trinajstić information content (AvgIpc) is 2.57. The van der Waals surface area contributed by atoms with Gasteiger partial charge in [-0.1, -0.05) is 6.58 Å². The topological polar surface area (TPSA) is 84.3 Å². The van der Waals surface area contributed by atoms with Crippen molar-refractivity contribution >= 4 is 0 Å². The zero-order valence-electron chi connectivity index (χ0n) is 8.80. The van der Waals surface area contributed by atoms with Crippen LogP contribution >= 0.6 is 0 Å². The van der Waals surface area contributed by atoms with Crippen LogP contribution in [-0.2, 0) is 4.74 Å².